The van der Waals surface area contributed by atoms with E-state index in [0.29, 0.717) is 0 Å². The molecule has 0 amide bonds. The molecule has 190 valence electrons. The molecule has 0 radical (unpaired) electrons. The van der Waals surface area contributed by atoms with Crippen molar-refractivity contribution in [3.8, 4) is 22.3 Å². The molecule has 0 fully saturated rings. The minimum Gasteiger partial charge on any atom is -0.290 e. The summed E-state index contributed by atoms with van der Waals surface area (Å²) in [6.07, 6.45) is 1.88. The highest BCUT2D eigenvalue weighted by molar-refractivity contribution is 6.13. The lowest BCUT2D eigenvalue weighted by Crippen LogP contribution is -1.93. The molecule has 9 aromatic rings. The van der Waals surface area contributed by atoms with Gasteiger partial charge in [-0.2, -0.15) is 0 Å². The number of benzene rings is 6. The first-order valence-corrected chi connectivity index (χ1v) is 13.9. The second-order valence-corrected chi connectivity index (χ2v) is 10.7. The van der Waals surface area contributed by atoms with Crippen molar-refractivity contribution in [3.63, 3.8) is 0 Å². The maximum Gasteiger partial charge on any atom is 0.146 e. The monoisotopic (exact) mass is 521 g/mol. The molecule has 3 heterocycles. The fourth-order valence-corrected chi connectivity index (χ4v) is 6.32. The molecule has 0 saturated carbocycles. The van der Waals surface area contributed by atoms with Gasteiger partial charge in [-0.25, -0.2) is 4.98 Å². The smallest absolute Gasteiger partial charge is 0.146 e. The molecule has 0 atom stereocenters. The van der Waals surface area contributed by atoms with Crippen LogP contribution < -0.4 is 0 Å². The van der Waals surface area contributed by atoms with Gasteiger partial charge >= 0.3 is 0 Å². The quantitative estimate of drug-likeness (QED) is 0.212. The van der Waals surface area contributed by atoms with Crippen LogP contribution in [0.25, 0.3) is 82.3 Å². The van der Waals surface area contributed by atoms with E-state index in [-0.39, 0.29) is 0 Å². The molecule has 0 aliphatic heterocycles. The summed E-state index contributed by atoms with van der Waals surface area (Å²) in [5.41, 5.74) is 9.95. The third-order valence-electron chi connectivity index (χ3n) is 8.36. The second-order valence-electron chi connectivity index (χ2n) is 10.7. The standard InChI is InChI=1S/C38H23N3/c1-2-7-25-20-26(12-11-24(25)6-1)27-13-14-29-22-30(16-15-28(29)21-27)31-17-18-32-33(23-31)37-36(10-5-19-39-37)41-35-9-4-3-8-34(35)40-38(32)41/h1-23H. The summed E-state index contributed by atoms with van der Waals surface area (Å²) in [4.78, 5) is 9.86. The van der Waals surface area contributed by atoms with Crippen LogP contribution in [-0.4, -0.2) is 14.4 Å². The minimum atomic E-state index is 0.966. The van der Waals surface area contributed by atoms with Gasteiger partial charge in [-0.05, 0) is 98.4 Å². The highest BCUT2D eigenvalue weighted by atomic mass is 15.0. The lowest BCUT2D eigenvalue weighted by molar-refractivity contribution is 1.29. The van der Waals surface area contributed by atoms with E-state index in [1.54, 1.807) is 0 Å². The molecule has 0 aliphatic carbocycles. The molecule has 6 aromatic carbocycles. The van der Waals surface area contributed by atoms with Gasteiger partial charge in [0.25, 0.3) is 0 Å². The van der Waals surface area contributed by atoms with Gasteiger partial charge in [0.15, 0.2) is 0 Å². The van der Waals surface area contributed by atoms with Crippen LogP contribution in [0.2, 0.25) is 0 Å². The van der Waals surface area contributed by atoms with Crippen molar-refractivity contribution in [3.05, 3.63) is 140 Å². The summed E-state index contributed by atoms with van der Waals surface area (Å²) in [6.45, 7) is 0. The number of imidazole rings is 1. The summed E-state index contributed by atoms with van der Waals surface area (Å²) >= 11 is 0. The van der Waals surface area contributed by atoms with E-state index < -0.39 is 0 Å². The molecule has 3 nitrogen and oxygen atoms in total. The summed E-state index contributed by atoms with van der Waals surface area (Å²) in [6, 6.07) is 47.9. The van der Waals surface area contributed by atoms with Crippen LogP contribution in [-0.2, 0) is 0 Å². The van der Waals surface area contributed by atoms with Crippen molar-refractivity contribution in [1.29, 1.82) is 0 Å². The van der Waals surface area contributed by atoms with Gasteiger partial charge in [-0.3, -0.25) is 9.38 Å². The number of nitrogens with zero attached hydrogens (tertiary/aromatic N) is 3. The van der Waals surface area contributed by atoms with Crippen molar-refractivity contribution < 1.29 is 0 Å². The van der Waals surface area contributed by atoms with Gasteiger partial charge in [0, 0.05) is 17.0 Å². The maximum absolute atomic E-state index is 5.02. The highest BCUT2D eigenvalue weighted by Crippen LogP contribution is 2.35. The van der Waals surface area contributed by atoms with Gasteiger partial charge < -0.3 is 0 Å². The van der Waals surface area contributed by atoms with Crippen LogP contribution >= 0.6 is 0 Å². The Bertz CT molecular complexity index is 2490. The fourth-order valence-electron chi connectivity index (χ4n) is 6.32. The first kappa shape index (κ1) is 22.3. The molecule has 0 spiro atoms. The third-order valence-corrected chi connectivity index (χ3v) is 8.36. The number of aromatic nitrogens is 3. The van der Waals surface area contributed by atoms with E-state index in [1.807, 2.05) is 18.3 Å². The highest BCUT2D eigenvalue weighted by Gasteiger charge is 2.15. The van der Waals surface area contributed by atoms with E-state index in [9.17, 15) is 0 Å². The van der Waals surface area contributed by atoms with Crippen molar-refractivity contribution in [2.45, 2.75) is 0 Å². The van der Waals surface area contributed by atoms with Crippen LogP contribution in [0.1, 0.15) is 0 Å². The van der Waals surface area contributed by atoms with Gasteiger partial charge in [0.2, 0.25) is 0 Å². The summed E-state index contributed by atoms with van der Waals surface area (Å²) in [7, 11) is 0. The molecule has 0 saturated heterocycles. The van der Waals surface area contributed by atoms with Gasteiger partial charge in [-0.1, -0.05) is 78.9 Å². The zero-order valence-corrected chi connectivity index (χ0v) is 22.1. The van der Waals surface area contributed by atoms with E-state index in [2.05, 4.69) is 126 Å². The lowest BCUT2D eigenvalue weighted by Gasteiger charge is -2.11. The number of fused-ring (bicyclic) bond motifs is 10. The molecular weight excluding hydrogens is 498 g/mol. The van der Waals surface area contributed by atoms with Crippen molar-refractivity contribution in [2.75, 3.05) is 0 Å². The number of para-hydroxylation sites is 2. The van der Waals surface area contributed by atoms with Crippen LogP contribution in [0.3, 0.4) is 0 Å². The summed E-state index contributed by atoms with van der Waals surface area (Å²) < 4.78 is 2.24. The summed E-state index contributed by atoms with van der Waals surface area (Å²) in [5.74, 6) is 0. The molecule has 3 aromatic heterocycles. The number of hydrogen-bond donors (Lipinski definition) is 0. The van der Waals surface area contributed by atoms with E-state index in [1.165, 1.54) is 43.8 Å². The van der Waals surface area contributed by atoms with E-state index in [0.717, 1.165) is 38.5 Å². The molecule has 41 heavy (non-hydrogen) atoms. The second kappa shape index (κ2) is 8.48. The van der Waals surface area contributed by atoms with Crippen LogP contribution in [0.15, 0.2) is 140 Å². The molecule has 0 N–H and O–H groups in total. The largest absolute Gasteiger partial charge is 0.290 e. The van der Waals surface area contributed by atoms with Crippen molar-refractivity contribution in [2.24, 2.45) is 0 Å². The normalized spacial score (nSPS) is 11.9. The van der Waals surface area contributed by atoms with Gasteiger partial charge in [0.1, 0.15) is 5.65 Å². The van der Waals surface area contributed by atoms with Crippen LogP contribution in [0.5, 0.6) is 0 Å². The Hall–Kier alpha value is -5.54. The van der Waals surface area contributed by atoms with Gasteiger partial charge in [-0.15, -0.1) is 0 Å². The predicted octanol–water partition coefficient (Wildman–Crippen LogP) is 9.83. The average molecular weight is 522 g/mol. The number of pyridine rings is 2. The number of hydrogen-bond acceptors (Lipinski definition) is 2. The van der Waals surface area contributed by atoms with Crippen molar-refractivity contribution >= 4 is 60.0 Å². The average Bonchev–Trinajstić information content (AvgIpc) is 3.44. The molecular formula is C38H23N3. The number of rotatable bonds is 2. The first-order chi connectivity index (χ1) is 20.3. The van der Waals surface area contributed by atoms with Crippen molar-refractivity contribution in [1.82, 2.24) is 14.4 Å². The molecule has 0 aliphatic rings. The van der Waals surface area contributed by atoms with E-state index in [4.69, 9.17) is 9.97 Å². The Morgan fingerprint density at radius 1 is 0.439 bits per heavy atom. The molecule has 0 unspecified atom stereocenters. The Labute approximate surface area is 236 Å². The lowest BCUT2D eigenvalue weighted by atomic mass is 9.95. The Morgan fingerprint density at radius 2 is 1.02 bits per heavy atom. The molecule has 0 bridgehead atoms. The Balaban J connectivity index is 1.19. The fraction of sp³-hybridized carbons (Fsp3) is 0. The van der Waals surface area contributed by atoms with E-state index >= 15 is 0 Å². The minimum absolute atomic E-state index is 0.966. The summed E-state index contributed by atoms with van der Waals surface area (Å²) in [5, 5.41) is 7.22. The van der Waals surface area contributed by atoms with Crippen LogP contribution in [0.4, 0.5) is 0 Å². The maximum atomic E-state index is 5.02. The zero-order chi connectivity index (χ0) is 26.9. The third kappa shape index (κ3) is 3.39. The predicted molar refractivity (Wildman–Crippen MR) is 171 cm³/mol. The molecule has 9 rings (SSSR count). The Kier molecular flexibility index (Phi) is 4.61. The Morgan fingerprint density at radius 3 is 1.80 bits per heavy atom. The zero-order valence-electron chi connectivity index (χ0n) is 22.1. The van der Waals surface area contributed by atoms with Gasteiger partial charge in [0.05, 0.1) is 22.1 Å². The first-order valence-electron chi connectivity index (χ1n) is 13.9. The topological polar surface area (TPSA) is 30.2 Å². The SMILES string of the molecule is c1ccc2cc(-c3ccc4cc(-c5ccc6c(c5)c5ncccc5n5c7ccccc7nc65)ccc4c3)ccc2c1. The molecule has 3 heteroatoms. The van der Waals surface area contributed by atoms with Crippen LogP contribution in [0, 0.1) is 0 Å².